The summed E-state index contributed by atoms with van der Waals surface area (Å²) in [4.78, 5) is 3.36. The molecule has 0 atom stereocenters. The fourth-order valence-electron chi connectivity index (χ4n) is 0.418. The lowest BCUT2D eigenvalue weighted by molar-refractivity contribution is 0.574. The molecule has 1 rings (SSSR count). The van der Waals surface area contributed by atoms with Crippen molar-refractivity contribution < 1.29 is 4.39 Å². The van der Waals surface area contributed by atoms with Gasteiger partial charge < -0.3 is 0 Å². The third-order valence-electron chi connectivity index (χ3n) is 0.878. The zero-order valence-electron chi connectivity index (χ0n) is 4.48. The minimum Gasteiger partial charge on any atom is -0.227 e. The van der Waals surface area contributed by atoms with Crippen LogP contribution < -0.4 is 0 Å². The van der Waals surface area contributed by atoms with E-state index < -0.39 is 5.95 Å². The van der Waals surface area contributed by atoms with Gasteiger partial charge in [0.15, 0.2) is 0 Å². The van der Waals surface area contributed by atoms with Gasteiger partial charge in [-0.05, 0) is 13.0 Å². The summed E-state index contributed by atoms with van der Waals surface area (Å²) in [5.74, 6) is -0.413. The Morgan fingerprint density at radius 1 is 1.75 bits per heavy atom. The topological polar surface area (TPSA) is 12.9 Å². The summed E-state index contributed by atoms with van der Waals surface area (Å²) in [5, 5.41) is 0. The molecular weight excluding hydrogens is 105 g/mol. The first-order valence-corrected chi connectivity index (χ1v) is 2.29. The third kappa shape index (κ3) is 0.832. The van der Waals surface area contributed by atoms with Crippen molar-refractivity contribution in [1.29, 1.82) is 0 Å². The van der Waals surface area contributed by atoms with Crippen LogP contribution >= 0.6 is 0 Å². The van der Waals surface area contributed by atoms with Crippen molar-refractivity contribution >= 4 is 0 Å². The quantitative estimate of drug-likeness (QED) is 0.459. The fourth-order valence-corrected chi connectivity index (χ4v) is 0.418. The van der Waals surface area contributed by atoms with Gasteiger partial charge in [0.2, 0.25) is 5.95 Å². The van der Waals surface area contributed by atoms with Crippen LogP contribution in [0.5, 0.6) is 0 Å². The SMILES string of the molecule is Cc1c[c]cnc1F. The Hall–Kier alpha value is -0.920. The van der Waals surface area contributed by atoms with E-state index in [0.29, 0.717) is 5.56 Å². The number of pyridine rings is 1. The number of halogens is 1. The van der Waals surface area contributed by atoms with Crippen LogP contribution in [0.4, 0.5) is 4.39 Å². The summed E-state index contributed by atoms with van der Waals surface area (Å²) in [6.07, 6.45) is 1.31. The lowest BCUT2D eigenvalue weighted by Crippen LogP contribution is -1.83. The average Bonchev–Trinajstić information content (AvgIpc) is 1.77. The first-order valence-electron chi connectivity index (χ1n) is 2.29. The van der Waals surface area contributed by atoms with Crippen molar-refractivity contribution in [3.8, 4) is 0 Å². The predicted octanol–water partition coefficient (Wildman–Crippen LogP) is 1.33. The van der Waals surface area contributed by atoms with Crippen molar-refractivity contribution in [2.45, 2.75) is 6.92 Å². The second-order valence-corrected chi connectivity index (χ2v) is 1.54. The van der Waals surface area contributed by atoms with Crippen molar-refractivity contribution in [2.75, 3.05) is 0 Å². The molecule has 0 amide bonds. The Kier molecular flexibility index (Phi) is 1.24. The van der Waals surface area contributed by atoms with Crippen LogP contribution in [0.25, 0.3) is 0 Å². The van der Waals surface area contributed by atoms with E-state index in [0.717, 1.165) is 0 Å². The Morgan fingerprint density at radius 3 is 2.88 bits per heavy atom. The molecule has 1 heterocycles. The molecule has 41 valence electrons. The second kappa shape index (κ2) is 1.90. The Balaban J connectivity index is 3.13. The molecule has 0 fully saturated rings. The normalized spacial score (nSPS) is 9.25. The molecule has 0 aliphatic carbocycles. The first-order chi connectivity index (χ1) is 3.80. The van der Waals surface area contributed by atoms with Gasteiger partial charge in [0.05, 0.1) is 0 Å². The number of aromatic nitrogens is 1. The van der Waals surface area contributed by atoms with Gasteiger partial charge in [0, 0.05) is 17.8 Å². The first kappa shape index (κ1) is 5.22. The average molecular weight is 110 g/mol. The fraction of sp³-hybridized carbons (Fsp3) is 0.167. The molecule has 0 saturated heterocycles. The lowest BCUT2D eigenvalue weighted by Gasteiger charge is -1.87. The third-order valence-corrected chi connectivity index (χ3v) is 0.878. The minimum atomic E-state index is -0.413. The zero-order valence-corrected chi connectivity index (χ0v) is 4.48. The van der Waals surface area contributed by atoms with E-state index in [2.05, 4.69) is 11.1 Å². The summed E-state index contributed by atoms with van der Waals surface area (Å²) < 4.78 is 12.2. The number of rotatable bonds is 0. The molecule has 0 saturated carbocycles. The van der Waals surface area contributed by atoms with Gasteiger partial charge in [0.25, 0.3) is 0 Å². The van der Waals surface area contributed by atoms with Crippen LogP contribution in [0.1, 0.15) is 5.56 Å². The number of hydrogen-bond donors (Lipinski definition) is 0. The molecule has 0 bridgehead atoms. The van der Waals surface area contributed by atoms with Crippen LogP contribution in [0.15, 0.2) is 12.3 Å². The van der Waals surface area contributed by atoms with E-state index in [1.54, 1.807) is 13.0 Å². The Labute approximate surface area is 47.2 Å². The van der Waals surface area contributed by atoms with E-state index in [1.807, 2.05) is 0 Å². The molecule has 0 aliphatic heterocycles. The van der Waals surface area contributed by atoms with Crippen LogP contribution in [-0.2, 0) is 0 Å². The number of hydrogen-bond acceptors (Lipinski definition) is 1. The monoisotopic (exact) mass is 110 g/mol. The van der Waals surface area contributed by atoms with Gasteiger partial charge in [-0.15, -0.1) is 0 Å². The van der Waals surface area contributed by atoms with Crippen molar-refractivity contribution in [2.24, 2.45) is 0 Å². The Bertz CT molecular complexity index is 165. The summed E-state index contributed by atoms with van der Waals surface area (Å²) in [5.41, 5.74) is 0.535. The maximum atomic E-state index is 12.2. The van der Waals surface area contributed by atoms with E-state index in [4.69, 9.17) is 0 Å². The van der Waals surface area contributed by atoms with Crippen LogP contribution in [0.3, 0.4) is 0 Å². The molecule has 0 aliphatic rings. The highest BCUT2D eigenvalue weighted by atomic mass is 19.1. The zero-order chi connectivity index (χ0) is 5.98. The lowest BCUT2D eigenvalue weighted by atomic mass is 10.3. The van der Waals surface area contributed by atoms with Gasteiger partial charge >= 0.3 is 0 Å². The van der Waals surface area contributed by atoms with Crippen molar-refractivity contribution in [1.82, 2.24) is 4.98 Å². The molecule has 1 aromatic heterocycles. The summed E-state index contributed by atoms with van der Waals surface area (Å²) in [6.45, 7) is 1.65. The predicted molar refractivity (Wildman–Crippen MR) is 27.8 cm³/mol. The number of nitrogens with zero attached hydrogens (tertiary/aromatic N) is 1. The number of aryl methyl sites for hydroxylation is 1. The molecular formula is C6H5FN. The second-order valence-electron chi connectivity index (χ2n) is 1.54. The summed E-state index contributed by atoms with van der Waals surface area (Å²) in [6, 6.07) is 4.21. The molecule has 0 spiro atoms. The molecule has 1 radical (unpaired) electrons. The van der Waals surface area contributed by atoms with Crippen LogP contribution in [0, 0.1) is 18.9 Å². The highest BCUT2D eigenvalue weighted by molar-refractivity contribution is 5.05. The van der Waals surface area contributed by atoms with Gasteiger partial charge in [-0.2, -0.15) is 4.39 Å². The van der Waals surface area contributed by atoms with Gasteiger partial charge in [0.1, 0.15) is 0 Å². The standard InChI is InChI=1S/C6H5FN/c1-5-3-2-4-8-6(5)7/h3-4H,1H3. The summed E-state index contributed by atoms with van der Waals surface area (Å²) >= 11 is 0. The van der Waals surface area contributed by atoms with Crippen LogP contribution in [0.2, 0.25) is 0 Å². The summed E-state index contributed by atoms with van der Waals surface area (Å²) in [7, 11) is 0. The smallest absolute Gasteiger partial charge is 0.215 e. The molecule has 1 nitrogen and oxygen atoms in total. The molecule has 0 N–H and O–H groups in total. The molecule has 1 aromatic rings. The highest BCUT2D eigenvalue weighted by Gasteiger charge is 1.90. The van der Waals surface area contributed by atoms with E-state index >= 15 is 0 Å². The molecule has 8 heavy (non-hydrogen) atoms. The van der Waals surface area contributed by atoms with E-state index in [9.17, 15) is 4.39 Å². The molecule has 0 unspecified atom stereocenters. The molecule has 2 heteroatoms. The molecule has 0 aromatic carbocycles. The van der Waals surface area contributed by atoms with Gasteiger partial charge in [-0.25, -0.2) is 4.98 Å². The Morgan fingerprint density at radius 2 is 2.50 bits per heavy atom. The van der Waals surface area contributed by atoms with Crippen molar-refractivity contribution in [3.05, 3.63) is 29.8 Å². The maximum Gasteiger partial charge on any atom is 0.215 e. The maximum absolute atomic E-state index is 12.2. The van der Waals surface area contributed by atoms with Crippen molar-refractivity contribution in [3.63, 3.8) is 0 Å². The highest BCUT2D eigenvalue weighted by Crippen LogP contribution is 1.97. The minimum absolute atomic E-state index is 0.413. The van der Waals surface area contributed by atoms with Gasteiger partial charge in [-0.1, -0.05) is 0 Å². The van der Waals surface area contributed by atoms with E-state index in [1.165, 1.54) is 6.20 Å². The largest absolute Gasteiger partial charge is 0.227 e. The van der Waals surface area contributed by atoms with E-state index in [-0.39, 0.29) is 0 Å². The van der Waals surface area contributed by atoms with Crippen LogP contribution in [-0.4, -0.2) is 4.98 Å². The van der Waals surface area contributed by atoms with Gasteiger partial charge in [-0.3, -0.25) is 0 Å².